The van der Waals surface area contributed by atoms with Crippen LogP contribution < -0.4 is 0 Å². The van der Waals surface area contributed by atoms with Gasteiger partial charge >= 0.3 is 5.97 Å². The Labute approximate surface area is 103 Å². The van der Waals surface area contributed by atoms with E-state index in [1.807, 2.05) is 0 Å². The Morgan fingerprint density at radius 3 is 2.39 bits per heavy atom. The van der Waals surface area contributed by atoms with E-state index in [0.717, 1.165) is 11.6 Å². The Balaban J connectivity index is 2.67. The predicted octanol–water partition coefficient (Wildman–Crippen LogP) is 3.20. The Morgan fingerprint density at radius 2 is 1.78 bits per heavy atom. The summed E-state index contributed by atoms with van der Waals surface area (Å²) in [5, 5.41) is 18.8. The molecule has 2 N–H and O–H groups in total. The second kappa shape index (κ2) is 4.49. The van der Waals surface area contributed by atoms with E-state index in [4.69, 9.17) is 5.11 Å². The molecule has 92 valence electrons. The third-order valence-electron chi connectivity index (χ3n) is 2.66. The van der Waals surface area contributed by atoms with Crippen LogP contribution in [0, 0.1) is 12.7 Å². The van der Waals surface area contributed by atoms with Gasteiger partial charge in [0.05, 0.1) is 5.56 Å². The molecule has 0 fully saturated rings. The second-order valence-corrected chi connectivity index (χ2v) is 4.02. The fourth-order valence-corrected chi connectivity index (χ4v) is 1.80. The lowest BCUT2D eigenvalue weighted by molar-refractivity contribution is 0.0697. The van der Waals surface area contributed by atoms with Gasteiger partial charge in [0.25, 0.3) is 0 Å². The highest BCUT2D eigenvalue weighted by molar-refractivity contribution is 5.97. The summed E-state index contributed by atoms with van der Waals surface area (Å²) in [5.41, 5.74) is 1.55. The van der Waals surface area contributed by atoms with Gasteiger partial charge in [-0.15, -0.1) is 0 Å². The van der Waals surface area contributed by atoms with E-state index < -0.39 is 11.8 Å². The minimum atomic E-state index is -1.09. The molecule has 2 aromatic carbocycles. The molecule has 0 unspecified atom stereocenters. The van der Waals surface area contributed by atoms with E-state index in [-0.39, 0.29) is 11.3 Å². The molecule has 0 bridgehead atoms. The van der Waals surface area contributed by atoms with E-state index in [1.54, 1.807) is 19.1 Å². The molecule has 0 aliphatic heterocycles. The van der Waals surface area contributed by atoms with Crippen molar-refractivity contribution in [1.29, 1.82) is 0 Å². The highest BCUT2D eigenvalue weighted by atomic mass is 19.1. The minimum absolute atomic E-state index is 0.0805. The Bertz CT molecular complexity index is 620. The van der Waals surface area contributed by atoms with E-state index in [1.165, 1.54) is 18.2 Å². The fourth-order valence-electron chi connectivity index (χ4n) is 1.80. The monoisotopic (exact) mass is 246 g/mol. The summed E-state index contributed by atoms with van der Waals surface area (Å²) in [6.45, 7) is 1.78. The molecule has 2 rings (SSSR count). The molecule has 0 spiro atoms. The highest BCUT2D eigenvalue weighted by Crippen LogP contribution is 2.32. The molecule has 2 aromatic rings. The zero-order valence-electron chi connectivity index (χ0n) is 9.64. The first-order valence-corrected chi connectivity index (χ1v) is 5.32. The molecule has 0 atom stereocenters. The molecular formula is C14H11FO3. The standard InChI is InChI=1S/C14H11FO3/c1-8-2-4-10(12(6-8)14(17)18)11-5-3-9(15)7-13(11)16/h2-7,16H,1H3,(H,17,18). The summed E-state index contributed by atoms with van der Waals surface area (Å²) in [6.07, 6.45) is 0. The lowest BCUT2D eigenvalue weighted by atomic mass is 9.97. The van der Waals surface area contributed by atoms with Crippen LogP contribution in [0.1, 0.15) is 15.9 Å². The second-order valence-electron chi connectivity index (χ2n) is 4.02. The molecule has 0 radical (unpaired) electrons. The first-order valence-electron chi connectivity index (χ1n) is 5.32. The Hall–Kier alpha value is -2.36. The predicted molar refractivity (Wildman–Crippen MR) is 65.2 cm³/mol. The number of carboxylic acid groups (broad SMARTS) is 1. The first-order chi connectivity index (χ1) is 8.49. The van der Waals surface area contributed by atoms with Gasteiger partial charge in [0, 0.05) is 11.6 Å². The first kappa shape index (κ1) is 12.1. The number of hydrogen-bond donors (Lipinski definition) is 2. The Kier molecular flexibility index (Phi) is 3.02. The largest absolute Gasteiger partial charge is 0.507 e. The van der Waals surface area contributed by atoms with E-state index in [2.05, 4.69) is 0 Å². The van der Waals surface area contributed by atoms with Crippen molar-refractivity contribution in [2.45, 2.75) is 6.92 Å². The highest BCUT2D eigenvalue weighted by Gasteiger charge is 2.14. The molecule has 0 aliphatic carbocycles. The maximum Gasteiger partial charge on any atom is 0.336 e. The van der Waals surface area contributed by atoms with Gasteiger partial charge in [0.15, 0.2) is 0 Å². The van der Waals surface area contributed by atoms with Gasteiger partial charge in [-0.05, 0) is 30.7 Å². The molecule has 0 aromatic heterocycles. The zero-order valence-corrected chi connectivity index (χ0v) is 9.64. The van der Waals surface area contributed by atoms with Gasteiger partial charge < -0.3 is 10.2 Å². The van der Waals surface area contributed by atoms with Crippen LogP contribution in [-0.2, 0) is 0 Å². The summed E-state index contributed by atoms with van der Waals surface area (Å²) >= 11 is 0. The van der Waals surface area contributed by atoms with Crippen molar-refractivity contribution in [1.82, 2.24) is 0 Å². The van der Waals surface area contributed by atoms with Crippen LogP contribution >= 0.6 is 0 Å². The van der Waals surface area contributed by atoms with Gasteiger partial charge in [-0.1, -0.05) is 17.7 Å². The van der Waals surface area contributed by atoms with E-state index in [9.17, 15) is 14.3 Å². The average Bonchev–Trinajstić information content (AvgIpc) is 2.29. The van der Waals surface area contributed by atoms with Crippen molar-refractivity contribution in [2.24, 2.45) is 0 Å². The van der Waals surface area contributed by atoms with Gasteiger partial charge in [-0.25, -0.2) is 9.18 Å². The fraction of sp³-hybridized carbons (Fsp3) is 0.0714. The maximum atomic E-state index is 12.9. The topological polar surface area (TPSA) is 57.5 Å². The quantitative estimate of drug-likeness (QED) is 0.855. The van der Waals surface area contributed by atoms with Gasteiger partial charge in [-0.3, -0.25) is 0 Å². The number of halogens is 1. The van der Waals surface area contributed by atoms with Crippen LogP contribution in [0.4, 0.5) is 4.39 Å². The van der Waals surface area contributed by atoms with Crippen LogP contribution in [-0.4, -0.2) is 16.2 Å². The maximum absolute atomic E-state index is 12.9. The molecule has 0 aliphatic rings. The van der Waals surface area contributed by atoms with Crippen LogP contribution in [0.2, 0.25) is 0 Å². The molecule has 0 saturated carbocycles. The summed E-state index contributed by atoms with van der Waals surface area (Å²) in [6, 6.07) is 8.36. The van der Waals surface area contributed by atoms with Crippen LogP contribution in [0.5, 0.6) is 5.75 Å². The van der Waals surface area contributed by atoms with Crippen molar-refractivity contribution in [3.05, 3.63) is 53.3 Å². The summed E-state index contributed by atoms with van der Waals surface area (Å²) < 4.78 is 12.9. The van der Waals surface area contributed by atoms with Crippen molar-refractivity contribution in [3.8, 4) is 16.9 Å². The van der Waals surface area contributed by atoms with Crippen molar-refractivity contribution in [2.75, 3.05) is 0 Å². The summed E-state index contributed by atoms with van der Waals surface area (Å²) in [5.74, 6) is -1.93. The third-order valence-corrected chi connectivity index (χ3v) is 2.66. The number of hydrogen-bond acceptors (Lipinski definition) is 2. The number of phenols is 1. The lowest BCUT2D eigenvalue weighted by Gasteiger charge is -2.09. The molecule has 18 heavy (non-hydrogen) atoms. The Morgan fingerprint density at radius 1 is 1.11 bits per heavy atom. The van der Waals surface area contributed by atoms with Crippen LogP contribution in [0.3, 0.4) is 0 Å². The molecule has 4 heteroatoms. The molecule has 3 nitrogen and oxygen atoms in total. The number of phenolic OH excluding ortho intramolecular Hbond substituents is 1. The van der Waals surface area contributed by atoms with Gasteiger partial charge in [0.2, 0.25) is 0 Å². The number of aryl methyl sites for hydroxylation is 1. The van der Waals surface area contributed by atoms with Crippen molar-refractivity contribution in [3.63, 3.8) is 0 Å². The van der Waals surface area contributed by atoms with E-state index >= 15 is 0 Å². The minimum Gasteiger partial charge on any atom is -0.507 e. The molecular weight excluding hydrogens is 235 g/mol. The summed E-state index contributed by atoms with van der Waals surface area (Å²) in [7, 11) is 0. The zero-order chi connectivity index (χ0) is 13.3. The van der Waals surface area contributed by atoms with E-state index in [0.29, 0.717) is 11.1 Å². The smallest absolute Gasteiger partial charge is 0.336 e. The summed E-state index contributed by atoms with van der Waals surface area (Å²) in [4.78, 5) is 11.2. The number of benzene rings is 2. The number of carboxylic acids is 1. The average molecular weight is 246 g/mol. The number of carbonyl (C=O) groups is 1. The van der Waals surface area contributed by atoms with Crippen molar-refractivity contribution >= 4 is 5.97 Å². The normalized spacial score (nSPS) is 10.3. The number of aromatic carboxylic acids is 1. The number of aromatic hydroxyl groups is 1. The lowest BCUT2D eigenvalue weighted by Crippen LogP contribution is -2.00. The SMILES string of the molecule is Cc1ccc(-c2ccc(F)cc2O)c(C(=O)O)c1. The molecule has 0 heterocycles. The van der Waals surface area contributed by atoms with Gasteiger partial charge in [-0.2, -0.15) is 0 Å². The van der Waals surface area contributed by atoms with Crippen molar-refractivity contribution < 1.29 is 19.4 Å². The third kappa shape index (κ3) is 2.18. The van der Waals surface area contributed by atoms with Gasteiger partial charge in [0.1, 0.15) is 11.6 Å². The number of rotatable bonds is 2. The van der Waals surface area contributed by atoms with Crippen LogP contribution in [0.25, 0.3) is 11.1 Å². The van der Waals surface area contributed by atoms with Crippen LogP contribution in [0.15, 0.2) is 36.4 Å². The molecule has 0 amide bonds. The molecule has 0 saturated heterocycles.